The number of nitrogens with two attached hydrogens (primary N) is 1. The Morgan fingerprint density at radius 2 is 2.05 bits per heavy atom. The minimum absolute atomic E-state index is 0.122. The summed E-state index contributed by atoms with van der Waals surface area (Å²) >= 11 is 0. The summed E-state index contributed by atoms with van der Waals surface area (Å²) in [7, 11) is 0. The molecule has 0 atom stereocenters. The van der Waals surface area contributed by atoms with Gasteiger partial charge in [0.25, 0.3) is 0 Å². The molecule has 0 saturated heterocycles. The first-order valence-electron chi connectivity index (χ1n) is 6.90. The van der Waals surface area contributed by atoms with E-state index in [1.54, 1.807) is 0 Å². The highest BCUT2D eigenvalue weighted by molar-refractivity contribution is 5.76. The van der Waals surface area contributed by atoms with Crippen LogP contribution in [-0.2, 0) is 16.1 Å². The fourth-order valence-corrected chi connectivity index (χ4v) is 2.38. The van der Waals surface area contributed by atoms with Gasteiger partial charge in [-0.3, -0.25) is 4.79 Å². The van der Waals surface area contributed by atoms with Crippen molar-refractivity contribution in [3.8, 4) is 0 Å². The van der Waals surface area contributed by atoms with Gasteiger partial charge in [-0.15, -0.1) is 0 Å². The third-order valence-electron chi connectivity index (χ3n) is 3.54. The molecule has 0 aliphatic heterocycles. The fourth-order valence-electron chi connectivity index (χ4n) is 2.38. The lowest BCUT2D eigenvalue weighted by Crippen LogP contribution is -2.35. The average Bonchev–Trinajstić information content (AvgIpc) is 2.36. The molecule has 1 amide bonds. The molecule has 1 aromatic carbocycles. The van der Waals surface area contributed by atoms with Gasteiger partial charge in [-0.05, 0) is 43.4 Å². The van der Waals surface area contributed by atoms with Crippen molar-refractivity contribution in [3.63, 3.8) is 0 Å². The molecule has 0 bridgehead atoms. The van der Waals surface area contributed by atoms with Gasteiger partial charge in [0.05, 0.1) is 6.10 Å². The summed E-state index contributed by atoms with van der Waals surface area (Å²) in [4.78, 5) is 11.8. The van der Waals surface area contributed by atoms with E-state index in [-0.39, 0.29) is 5.91 Å². The van der Waals surface area contributed by atoms with Crippen LogP contribution in [0.15, 0.2) is 24.3 Å². The lowest BCUT2D eigenvalue weighted by atomic mass is 9.80. The monoisotopic (exact) mass is 262 g/mol. The maximum Gasteiger partial charge on any atom is 0.220 e. The molecule has 19 heavy (non-hydrogen) atoms. The smallest absolute Gasteiger partial charge is 0.220 e. The number of carbonyl (C=O) groups is 1. The molecule has 2 rings (SSSR count). The van der Waals surface area contributed by atoms with E-state index in [4.69, 9.17) is 10.5 Å². The third-order valence-corrected chi connectivity index (χ3v) is 3.54. The fraction of sp³-hybridized carbons (Fsp3) is 0.533. The molecule has 1 aromatic rings. The first-order chi connectivity index (χ1) is 9.17. The van der Waals surface area contributed by atoms with E-state index in [0.717, 1.165) is 30.7 Å². The standard InChI is InChI=1S/C15H22N2O2/c1-2-19-14-7-12(8-14)9-15(18)17-10-11-3-5-13(16)6-4-11/h3-6,12,14H,2,7-10,16H2,1H3,(H,17,18). The second-order valence-electron chi connectivity index (χ2n) is 5.14. The number of rotatable bonds is 6. The number of amides is 1. The average molecular weight is 262 g/mol. The Bertz CT molecular complexity index is 411. The molecule has 0 unspecified atom stereocenters. The summed E-state index contributed by atoms with van der Waals surface area (Å²) < 4.78 is 5.49. The van der Waals surface area contributed by atoms with Crippen LogP contribution in [0.2, 0.25) is 0 Å². The van der Waals surface area contributed by atoms with Crippen LogP contribution in [0.5, 0.6) is 0 Å². The van der Waals surface area contributed by atoms with E-state index >= 15 is 0 Å². The van der Waals surface area contributed by atoms with Crippen molar-refractivity contribution in [1.29, 1.82) is 0 Å². The van der Waals surface area contributed by atoms with E-state index < -0.39 is 0 Å². The van der Waals surface area contributed by atoms with Gasteiger partial charge in [0.1, 0.15) is 0 Å². The summed E-state index contributed by atoms with van der Waals surface area (Å²) in [5.74, 6) is 0.611. The molecule has 1 saturated carbocycles. The molecule has 1 aliphatic carbocycles. The van der Waals surface area contributed by atoms with Crippen molar-refractivity contribution in [2.75, 3.05) is 12.3 Å². The van der Waals surface area contributed by atoms with E-state index in [1.165, 1.54) is 0 Å². The summed E-state index contributed by atoms with van der Waals surface area (Å²) in [6.07, 6.45) is 3.02. The Balaban J connectivity index is 1.64. The van der Waals surface area contributed by atoms with Crippen molar-refractivity contribution < 1.29 is 9.53 Å². The number of carbonyl (C=O) groups excluding carboxylic acids is 1. The highest BCUT2D eigenvalue weighted by Crippen LogP contribution is 2.32. The second-order valence-corrected chi connectivity index (χ2v) is 5.14. The Kier molecular flexibility index (Phi) is 4.80. The highest BCUT2D eigenvalue weighted by Gasteiger charge is 2.30. The highest BCUT2D eigenvalue weighted by atomic mass is 16.5. The Morgan fingerprint density at radius 1 is 1.37 bits per heavy atom. The SMILES string of the molecule is CCOC1CC(CC(=O)NCc2ccc(N)cc2)C1. The van der Waals surface area contributed by atoms with Crippen molar-refractivity contribution in [3.05, 3.63) is 29.8 Å². The number of benzene rings is 1. The summed E-state index contributed by atoms with van der Waals surface area (Å²) in [5, 5.41) is 2.94. The first kappa shape index (κ1) is 13.9. The normalized spacial score (nSPS) is 21.7. The minimum atomic E-state index is 0.122. The summed E-state index contributed by atoms with van der Waals surface area (Å²) in [6, 6.07) is 7.56. The van der Waals surface area contributed by atoms with Crippen LogP contribution in [0.4, 0.5) is 5.69 Å². The Hall–Kier alpha value is -1.55. The predicted octanol–water partition coefficient (Wildman–Crippen LogP) is 2.09. The van der Waals surface area contributed by atoms with E-state index in [1.807, 2.05) is 31.2 Å². The Labute approximate surface area is 114 Å². The maximum atomic E-state index is 11.8. The van der Waals surface area contributed by atoms with Crippen molar-refractivity contribution in [2.45, 2.75) is 38.8 Å². The van der Waals surface area contributed by atoms with Gasteiger partial charge in [-0.1, -0.05) is 12.1 Å². The van der Waals surface area contributed by atoms with Crippen molar-refractivity contribution >= 4 is 11.6 Å². The molecule has 3 N–H and O–H groups in total. The quantitative estimate of drug-likeness (QED) is 0.772. The van der Waals surface area contributed by atoms with Crippen molar-refractivity contribution in [1.82, 2.24) is 5.32 Å². The summed E-state index contributed by atoms with van der Waals surface area (Å²) in [6.45, 7) is 3.34. The van der Waals surface area contributed by atoms with Gasteiger partial charge in [0, 0.05) is 25.3 Å². The van der Waals surface area contributed by atoms with Gasteiger partial charge >= 0.3 is 0 Å². The Morgan fingerprint density at radius 3 is 2.68 bits per heavy atom. The van der Waals surface area contributed by atoms with Crippen LogP contribution in [0.3, 0.4) is 0 Å². The molecular formula is C15H22N2O2. The number of anilines is 1. The van der Waals surface area contributed by atoms with Crippen molar-refractivity contribution in [2.24, 2.45) is 5.92 Å². The molecule has 4 nitrogen and oxygen atoms in total. The number of nitrogens with one attached hydrogen (secondary N) is 1. The lowest BCUT2D eigenvalue weighted by molar-refractivity contribution is -0.124. The molecular weight excluding hydrogens is 240 g/mol. The van der Waals surface area contributed by atoms with Gasteiger partial charge in [-0.2, -0.15) is 0 Å². The largest absolute Gasteiger partial charge is 0.399 e. The number of hydrogen-bond donors (Lipinski definition) is 2. The van der Waals surface area contributed by atoms with Crippen LogP contribution in [0, 0.1) is 5.92 Å². The predicted molar refractivity (Wildman–Crippen MR) is 75.5 cm³/mol. The van der Waals surface area contributed by atoms with Gasteiger partial charge < -0.3 is 15.8 Å². The molecule has 104 valence electrons. The molecule has 0 spiro atoms. The van der Waals surface area contributed by atoms with Crippen LogP contribution in [-0.4, -0.2) is 18.6 Å². The zero-order valence-electron chi connectivity index (χ0n) is 11.4. The molecule has 4 heteroatoms. The van der Waals surface area contributed by atoms with E-state index in [0.29, 0.717) is 25.0 Å². The van der Waals surface area contributed by atoms with Crippen LogP contribution in [0.1, 0.15) is 31.7 Å². The van der Waals surface area contributed by atoms with Gasteiger partial charge in [0.15, 0.2) is 0 Å². The van der Waals surface area contributed by atoms with Gasteiger partial charge in [-0.25, -0.2) is 0 Å². The van der Waals surface area contributed by atoms with E-state index in [9.17, 15) is 4.79 Å². The first-order valence-corrected chi connectivity index (χ1v) is 6.90. The second kappa shape index (κ2) is 6.57. The van der Waals surface area contributed by atoms with E-state index in [2.05, 4.69) is 5.32 Å². The zero-order chi connectivity index (χ0) is 13.7. The number of nitrogen functional groups attached to an aromatic ring is 1. The molecule has 0 aromatic heterocycles. The molecule has 1 aliphatic rings. The number of ether oxygens (including phenoxy) is 1. The van der Waals surface area contributed by atoms with Gasteiger partial charge in [0.2, 0.25) is 5.91 Å². The molecule has 0 heterocycles. The van der Waals surface area contributed by atoms with Crippen LogP contribution < -0.4 is 11.1 Å². The zero-order valence-corrected chi connectivity index (χ0v) is 11.4. The van der Waals surface area contributed by atoms with Crippen LogP contribution in [0.25, 0.3) is 0 Å². The molecule has 1 fully saturated rings. The molecule has 0 radical (unpaired) electrons. The minimum Gasteiger partial charge on any atom is -0.399 e. The number of hydrogen-bond acceptors (Lipinski definition) is 3. The van der Waals surface area contributed by atoms with Crippen LogP contribution >= 0.6 is 0 Å². The lowest BCUT2D eigenvalue weighted by Gasteiger charge is -2.34. The third kappa shape index (κ3) is 4.24. The summed E-state index contributed by atoms with van der Waals surface area (Å²) in [5.41, 5.74) is 7.43. The topological polar surface area (TPSA) is 64.3 Å². The maximum absolute atomic E-state index is 11.8.